The highest BCUT2D eigenvalue weighted by atomic mass is 16.1. The Kier molecular flexibility index (Phi) is 5.27. The molecule has 2 aromatic rings. The summed E-state index contributed by atoms with van der Waals surface area (Å²) in [6, 6.07) is 9.80. The average Bonchev–Trinajstić information content (AvgIpc) is 2.51. The van der Waals surface area contributed by atoms with Crippen molar-refractivity contribution in [1.82, 2.24) is 4.98 Å². The molecule has 2 rings (SSSR count). The van der Waals surface area contributed by atoms with Gasteiger partial charge in [0.05, 0.1) is 17.4 Å². The van der Waals surface area contributed by atoms with Crippen molar-refractivity contribution in [2.75, 3.05) is 5.32 Å². The quantitative estimate of drug-likeness (QED) is 0.793. The second-order valence-corrected chi connectivity index (χ2v) is 4.89. The summed E-state index contributed by atoms with van der Waals surface area (Å²) in [6.07, 6.45) is 7.75. The van der Waals surface area contributed by atoms with E-state index in [0.29, 0.717) is 6.42 Å². The minimum atomic E-state index is 0.0200. The highest BCUT2D eigenvalue weighted by Crippen LogP contribution is 2.16. The number of allylic oxidation sites excluding steroid dienone is 3. The number of para-hydroxylation sites is 1. The summed E-state index contributed by atoms with van der Waals surface area (Å²) in [5, 5.41) is 3.92. The Morgan fingerprint density at radius 2 is 2.14 bits per heavy atom. The Bertz CT molecular complexity index is 674. The maximum Gasteiger partial charge on any atom is 0.224 e. The number of anilines is 1. The van der Waals surface area contributed by atoms with Gasteiger partial charge in [0, 0.05) is 11.8 Å². The second-order valence-electron chi connectivity index (χ2n) is 4.89. The molecule has 0 atom stereocenters. The number of benzene rings is 1. The first-order chi connectivity index (χ1) is 10.2. The van der Waals surface area contributed by atoms with E-state index in [1.165, 1.54) is 5.57 Å². The SMILES string of the molecule is C=C/C(=C\C)CCCC(=O)Nc1cnc2ccccc2c1. The first kappa shape index (κ1) is 15.0. The van der Waals surface area contributed by atoms with Crippen molar-refractivity contribution in [3.63, 3.8) is 0 Å². The Hall–Kier alpha value is -2.42. The van der Waals surface area contributed by atoms with Crippen molar-refractivity contribution in [1.29, 1.82) is 0 Å². The summed E-state index contributed by atoms with van der Waals surface area (Å²) >= 11 is 0. The molecular formula is C18H20N2O. The summed E-state index contributed by atoms with van der Waals surface area (Å²) in [7, 11) is 0. The molecule has 21 heavy (non-hydrogen) atoms. The highest BCUT2D eigenvalue weighted by molar-refractivity contribution is 5.93. The summed E-state index contributed by atoms with van der Waals surface area (Å²) in [6.45, 7) is 5.73. The van der Waals surface area contributed by atoms with E-state index in [4.69, 9.17) is 0 Å². The number of hydrogen-bond acceptors (Lipinski definition) is 2. The van der Waals surface area contributed by atoms with E-state index in [-0.39, 0.29) is 5.91 Å². The maximum absolute atomic E-state index is 11.9. The smallest absolute Gasteiger partial charge is 0.224 e. The molecule has 3 heteroatoms. The van der Waals surface area contributed by atoms with Crippen molar-refractivity contribution in [2.45, 2.75) is 26.2 Å². The van der Waals surface area contributed by atoms with Gasteiger partial charge in [-0.2, -0.15) is 0 Å². The standard InChI is InChI=1S/C18H20N2O/c1-3-14(4-2)8-7-11-18(21)20-16-12-15-9-5-6-10-17(15)19-13-16/h3-6,9-10,12-13H,1,7-8,11H2,2H3,(H,20,21)/b14-4+. The lowest BCUT2D eigenvalue weighted by Crippen LogP contribution is -2.11. The van der Waals surface area contributed by atoms with Gasteiger partial charge < -0.3 is 5.32 Å². The zero-order valence-corrected chi connectivity index (χ0v) is 12.3. The zero-order valence-electron chi connectivity index (χ0n) is 12.3. The van der Waals surface area contributed by atoms with Gasteiger partial charge in [0.15, 0.2) is 0 Å². The van der Waals surface area contributed by atoms with Crippen molar-refractivity contribution in [2.24, 2.45) is 0 Å². The number of nitrogens with zero attached hydrogens (tertiary/aromatic N) is 1. The molecule has 0 bridgehead atoms. The van der Waals surface area contributed by atoms with E-state index in [9.17, 15) is 4.79 Å². The molecule has 0 unspecified atom stereocenters. The number of fused-ring (bicyclic) bond motifs is 1. The minimum Gasteiger partial charge on any atom is -0.325 e. The Labute approximate surface area is 125 Å². The molecule has 0 saturated heterocycles. The third-order valence-corrected chi connectivity index (χ3v) is 3.38. The number of hydrogen-bond donors (Lipinski definition) is 1. The maximum atomic E-state index is 11.9. The van der Waals surface area contributed by atoms with Crippen molar-refractivity contribution >= 4 is 22.5 Å². The van der Waals surface area contributed by atoms with Crippen LogP contribution in [0.5, 0.6) is 0 Å². The third-order valence-electron chi connectivity index (χ3n) is 3.38. The van der Waals surface area contributed by atoms with Crippen LogP contribution in [0.1, 0.15) is 26.2 Å². The summed E-state index contributed by atoms with van der Waals surface area (Å²) in [4.78, 5) is 16.3. The number of aromatic nitrogens is 1. The Morgan fingerprint density at radius 3 is 2.90 bits per heavy atom. The Morgan fingerprint density at radius 1 is 1.33 bits per heavy atom. The van der Waals surface area contributed by atoms with E-state index < -0.39 is 0 Å². The minimum absolute atomic E-state index is 0.0200. The number of carbonyl (C=O) groups excluding carboxylic acids is 1. The van der Waals surface area contributed by atoms with Crippen molar-refractivity contribution in [3.8, 4) is 0 Å². The van der Waals surface area contributed by atoms with Crippen LogP contribution in [-0.4, -0.2) is 10.9 Å². The predicted molar refractivity (Wildman–Crippen MR) is 88.2 cm³/mol. The van der Waals surface area contributed by atoms with Crippen LogP contribution < -0.4 is 5.32 Å². The molecule has 0 saturated carbocycles. The van der Waals surface area contributed by atoms with E-state index >= 15 is 0 Å². The summed E-state index contributed by atoms with van der Waals surface area (Å²) < 4.78 is 0. The molecule has 108 valence electrons. The van der Waals surface area contributed by atoms with Gasteiger partial charge in [-0.05, 0) is 31.9 Å². The lowest BCUT2D eigenvalue weighted by atomic mass is 10.1. The van der Waals surface area contributed by atoms with Gasteiger partial charge in [-0.25, -0.2) is 0 Å². The van der Waals surface area contributed by atoms with E-state index in [2.05, 4.69) is 16.9 Å². The first-order valence-electron chi connectivity index (χ1n) is 7.15. The van der Waals surface area contributed by atoms with E-state index in [1.54, 1.807) is 6.20 Å². The highest BCUT2D eigenvalue weighted by Gasteiger charge is 2.04. The van der Waals surface area contributed by atoms with Crippen molar-refractivity contribution < 1.29 is 4.79 Å². The number of carbonyl (C=O) groups is 1. The lowest BCUT2D eigenvalue weighted by molar-refractivity contribution is -0.116. The molecule has 1 N–H and O–H groups in total. The molecular weight excluding hydrogens is 260 g/mol. The van der Waals surface area contributed by atoms with Gasteiger partial charge in [0.25, 0.3) is 0 Å². The molecule has 0 aliphatic heterocycles. The van der Waals surface area contributed by atoms with Gasteiger partial charge in [-0.3, -0.25) is 9.78 Å². The number of nitrogens with one attached hydrogen (secondary N) is 1. The molecule has 0 radical (unpaired) electrons. The van der Waals surface area contributed by atoms with Crippen LogP contribution in [0.15, 0.2) is 60.8 Å². The van der Waals surface area contributed by atoms with Gasteiger partial charge in [-0.15, -0.1) is 0 Å². The van der Waals surface area contributed by atoms with Gasteiger partial charge in [0.1, 0.15) is 0 Å². The predicted octanol–water partition coefficient (Wildman–Crippen LogP) is 4.48. The average molecular weight is 280 g/mol. The normalized spacial score (nSPS) is 11.4. The van der Waals surface area contributed by atoms with E-state index in [0.717, 1.165) is 29.4 Å². The van der Waals surface area contributed by atoms with Gasteiger partial charge >= 0.3 is 0 Å². The van der Waals surface area contributed by atoms with Crippen LogP contribution in [-0.2, 0) is 4.79 Å². The topological polar surface area (TPSA) is 42.0 Å². The fraction of sp³-hybridized carbons (Fsp3) is 0.222. The number of amides is 1. The Balaban J connectivity index is 1.90. The fourth-order valence-electron chi connectivity index (χ4n) is 2.18. The molecule has 1 heterocycles. The monoisotopic (exact) mass is 280 g/mol. The molecule has 0 aliphatic carbocycles. The van der Waals surface area contributed by atoms with E-state index in [1.807, 2.05) is 49.4 Å². The number of pyridine rings is 1. The molecule has 3 nitrogen and oxygen atoms in total. The first-order valence-corrected chi connectivity index (χ1v) is 7.15. The van der Waals surface area contributed by atoms with Crippen LogP contribution in [0.25, 0.3) is 10.9 Å². The van der Waals surface area contributed by atoms with Gasteiger partial charge in [0.2, 0.25) is 5.91 Å². The second kappa shape index (κ2) is 7.39. The van der Waals surface area contributed by atoms with Gasteiger partial charge in [-0.1, -0.05) is 42.5 Å². The van der Waals surface area contributed by atoms with Crippen molar-refractivity contribution in [3.05, 3.63) is 60.8 Å². The zero-order chi connectivity index (χ0) is 15.1. The molecule has 1 amide bonds. The van der Waals surface area contributed by atoms with Crippen LogP contribution in [0.4, 0.5) is 5.69 Å². The van der Waals surface area contributed by atoms with Crippen LogP contribution in [0.2, 0.25) is 0 Å². The lowest BCUT2D eigenvalue weighted by Gasteiger charge is -2.06. The molecule has 0 aliphatic rings. The summed E-state index contributed by atoms with van der Waals surface area (Å²) in [5.74, 6) is 0.0200. The molecule has 1 aromatic heterocycles. The van der Waals surface area contributed by atoms with Crippen LogP contribution in [0.3, 0.4) is 0 Å². The molecule has 1 aromatic carbocycles. The van der Waals surface area contributed by atoms with Crippen LogP contribution in [0, 0.1) is 0 Å². The number of rotatable bonds is 6. The fourth-order valence-corrected chi connectivity index (χ4v) is 2.18. The third kappa shape index (κ3) is 4.28. The molecule has 0 fully saturated rings. The van der Waals surface area contributed by atoms with Crippen LogP contribution >= 0.6 is 0 Å². The molecule has 0 spiro atoms. The summed E-state index contributed by atoms with van der Waals surface area (Å²) in [5.41, 5.74) is 2.85. The largest absolute Gasteiger partial charge is 0.325 e.